The second-order valence-electron chi connectivity index (χ2n) is 19.3. The molecule has 56 heavy (non-hydrogen) atoms. The summed E-state index contributed by atoms with van der Waals surface area (Å²) in [4.78, 5) is 0. The largest absolute Gasteiger partial charge is 0.328 e. The van der Waals surface area contributed by atoms with Crippen LogP contribution in [0.15, 0.2) is 0 Å². The van der Waals surface area contributed by atoms with Crippen LogP contribution in [-0.4, -0.2) is 6.04 Å². The minimum absolute atomic E-state index is 0.462. The molecule has 0 saturated heterocycles. The molecule has 1 nitrogen and oxygen atoms in total. The lowest BCUT2D eigenvalue weighted by Crippen LogP contribution is -2.19. The van der Waals surface area contributed by atoms with Gasteiger partial charge in [0.2, 0.25) is 0 Å². The highest BCUT2D eigenvalue weighted by molar-refractivity contribution is 4.62. The van der Waals surface area contributed by atoms with Gasteiger partial charge in [0.15, 0.2) is 0 Å². The smallest absolute Gasteiger partial charge is 0.00388 e. The van der Waals surface area contributed by atoms with E-state index in [9.17, 15) is 0 Å². The molecule has 338 valence electrons. The van der Waals surface area contributed by atoms with Gasteiger partial charge in [-0.25, -0.2) is 0 Å². The van der Waals surface area contributed by atoms with Crippen molar-refractivity contribution in [3.8, 4) is 0 Å². The van der Waals surface area contributed by atoms with Gasteiger partial charge in [-0.3, -0.25) is 0 Å². The summed E-state index contributed by atoms with van der Waals surface area (Å²) in [5.41, 5.74) is 6.47. The van der Waals surface area contributed by atoms with E-state index < -0.39 is 0 Å². The highest BCUT2D eigenvalue weighted by Gasteiger charge is 2.03. The summed E-state index contributed by atoms with van der Waals surface area (Å²) >= 11 is 0. The normalized spacial score (nSPS) is 11.8. The van der Waals surface area contributed by atoms with E-state index in [0.717, 1.165) is 0 Å². The van der Waals surface area contributed by atoms with Gasteiger partial charge in [0, 0.05) is 6.04 Å². The zero-order valence-electron chi connectivity index (χ0n) is 39.9. The van der Waals surface area contributed by atoms with E-state index >= 15 is 0 Å². The summed E-state index contributed by atoms with van der Waals surface area (Å²) in [5, 5.41) is 0. The van der Waals surface area contributed by atoms with Crippen molar-refractivity contribution in [2.75, 3.05) is 0 Å². The number of hydrogen-bond donors (Lipinski definition) is 1. The third-order valence-corrected chi connectivity index (χ3v) is 13.4. The van der Waals surface area contributed by atoms with E-state index in [4.69, 9.17) is 5.73 Å². The molecule has 1 heteroatoms. The van der Waals surface area contributed by atoms with Crippen molar-refractivity contribution in [1.29, 1.82) is 0 Å². The van der Waals surface area contributed by atoms with E-state index in [1.807, 2.05) is 0 Å². The second-order valence-corrected chi connectivity index (χ2v) is 19.3. The molecule has 0 unspecified atom stereocenters. The molecule has 0 amide bonds. The van der Waals surface area contributed by atoms with Crippen LogP contribution in [0.1, 0.15) is 348 Å². The van der Waals surface area contributed by atoms with E-state index in [1.165, 1.54) is 334 Å². The lowest BCUT2D eigenvalue weighted by atomic mass is 10.00. The Morgan fingerprint density at radius 2 is 0.286 bits per heavy atom. The maximum Gasteiger partial charge on any atom is 0.00388 e. The van der Waals surface area contributed by atoms with Crippen LogP contribution in [-0.2, 0) is 0 Å². The molecule has 0 saturated carbocycles. The van der Waals surface area contributed by atoms with Crippen molar-refractivity contribution >= 4 is 0 Å². The molecule has 0 bridgehead atoms. The van der Waals surface area contributed by atoms with Gasteiger partial charge in [0.25, 0.3) is 0 Å². The molecule has 0 fully saturated rings. The van der Waals surface area contributed by atoms with E-state index in [2.05, 4.69) is 13.8 Å². The van der Waals surface area contributed by atoms with Crippen LogP contribution >= 0.6 is 0 Å². The monoisotopic (exact) mass is 788 g/mol. The maximum absolute atomic E-state index is 6.47. The van der Waals surface area contributed by atoms with Crippen molar-refractivity contribution in [1.82, 2.24) is 0 Å². The van der Waals surface area contributed by atoms with Crippen molar-refractivity contribution in [3.05, 3.63) is 0 Å². The molecule has 0 aromatic rings. The molecule has 0 aliphatic rings. The Kier molecular flexibility index (Phi) is 52.9. The lowest BCUT2D eigenvalue weighted by molar-refractivity contribution is 0.477. The third kappa shape index (κ3) is 52.0. The predicted molar refractivity (Wildman–Crippen MR) is 259 cm³/mol. The molecule has 0 aliphatic carbocycles. The number of hydrogen-bond acceptors (Lipinski definition) is 1. The van der Waals surface area contributed by atoms with Crippen LogP contribution in [0, 0.1) is 0 Å². The molecule has 0 radical (unpaired) electrons. The van der Waals surface area contributed by atoms with Gasteiger partial charge in [-0.15, -0.1) is 0 Å². The van der Waals surface area contributed by atoms with Gasteiger partial charge in [0.1, 0.15) is 0 Å². The molecular weight excluding hydrogens is 675 g/mol. The van der Waals surface area contributed by atoms with Crippen molar-refractivity contribution in [3.63, 3.8) is 0 Å². The minimum atomic E-state index is 0.462. The number of nitrogens with two attached hydrogens (primary N) is 1. The van der Waals surface area contributed by atoms with Crippen LogP contribution in [0.25, 0.3) is 0 Å². The molecule has 0 aliphatic heterocycles. The van der Waals surface area contributed by atoms with Crippen LogP contribution in [0.2, 0.25) is 0 Å². The van der Waals surface area contributed by atoms with Crippen molar-refractivity contribution in [2.45, 2.75) is 354 Å². The minimum Gasteiger partial charge on any atom is -0.328 e. The Hall–Kier alpha value is -0.0400. The third-order valence-electron chi connectivity index (χ3n) is 13.4. The van der Waals surface area contributed by atoms with Crippen molar-refractivity contribution < 1.29 is 0 Å². The first kappa shape index (κ1) is 56.0. The fraction of sp³-hybridized carbons (Fsp3) is 1.00. The SMILES string of the molecule is CCCCCCCCCCCCCCCCCCCCCCCCCCCC(N)CCCCCCCCCCCCCCCCCCCCCCCCCCC. The van der Waals surface area contributed by atoms with Gasteiger partial charge < -0.3 is 5.73 Å². The summed E-state index contributed by atoms with van der Waals surface area (Å²) in [5.74, 6) is 0. The number of rotatable bonds is 52. The molecule has 0 heterocycles. The summed E-state index contributed by atoms with van der Waals surface area (Å²) in [6.07, 6.45) is 75.8. The summed E-state index contributed by atoms with van der Waals surface area (Å²) < 4.78 is 0. The summed E-state index contributed by atoms with van der Waals surface area (Å²) in [6.45, 7) is 4.62. The first-order valence-electron chi connectivity index (χ1n) is 27.6. The standard InChI is InChI=1S/C55H113N/c1-3-5-7-9-11-13-15-17-19-21-23-25-27-29-31-33-35-37-39-41-43-45-47-49-51-53-55(56)54-52-50-48-46-44-42-40-38-36-34-32-30-28-26-24-22-20-18-16-14-12-10-8-6-4-2/h55H,3-54,56H2,1-2H3. The second kappa shape index (κ2) is 53.0. The van der Waals surface area contributed by atoms with Gasteiger partial charge in [0.05, 0.1) is 0 Å². The van der Waals surface area contributed by atoms with Crippen LogP contribution in [0.3, 0.4) is 0 Å². The number of unbranched alkanes of at least 4 members (excludes halogenated alkanes) is 48. The molecule has 0 aromatic heterocycles. The molecule has 0 atom stereocenters. The van der Waals surface area contributed by atoms with Crippen LogP contribution in [0.5, 0.6) is 0 Å². The highest BCUT2D eigenvalue weighted by Crippen LogP contribution is 2.19. The molecule has 0 aromatic carbocycles. The first-order chi connectivity index (χ1) is 27.8. The highest BCUT2D eigenvalue weighted by atomic mass is 14.6. The van der Waals surface area contributed by atoms with Crippen LogP contribution in [0.4, 0.5) is 0 Å². The maximum atomic E-state index is 6.47. The first-order valence-corrected chi connectivity index (χ1v) is 27.6. The quantitative estimate of drug-likeness (QED) is 0.0611. The van der Waals surface area contributed by atoms with Gasteiger partial charge in [-0.1, -0.05) is 335 Å². The lowest BCUT2D eigenvalue weighted by Gasteiger charge is -2.11. The van der Waals surface area contributed by atoms with E-state index in [0.29, 0.717) is 6.04 Å². The molecule has 2 N–H and O–H groups in total. The average molecular weight is 789 g/mol. The van der Waals surface area contributed by atoms with Gasteiger partial charge in [-0.2, -0.15) is 0 Å². The molecule has 0 rings (SSSR count). The topological polar surface area (TPSA) is 26.0 Å². The Morgan fingerprint density at radius 3 is 0.411 bits per heavy atom. The summed E-state index contributed by atoms with van der Waals surface area (Å²) in [6, 6.07) is 0.462. The Labute approximate surface area is 358 Å². The van der Waals surface area contributed by atoms with Gasteiger partial charge >= 0.3 is 0 Å². The molecule has 0 spiro atoms. The van der Waals surface area contributed by atoms with Crippen LogP contribution < -0.4 is 5.73 Å². The zero-order chi connectivity index (χ0) is 40.3. The van der Waals surface area contributed by atoms with E-state index in [1.54, 1.807) is 0 Å². The summed E-state index contributed by atoms with van der Waals surface area (Å²) in [7, 11) is 0. The van der Waals surface area contributed by atoms with Gasteiger partial charge in [-0.05, 0) is 12.8 Å². The fourth-order valence-electron chi connectivity index (χ4n) is 9.24. The van der Waals surface area contributed by atoms with Crippen molar-refractivity contribution in [2.24, 2.45) is 5.73 Å². The Morgan fingerprint density at radius 1 is 0.179 bits per heavy atom. The zero-order valence-corrected chi connectivity index (χ0v) is 39.9. The Bertz CT molecular complexity index is 589. The van der Waals surface area contributed by atoms with E-state index in [-0.39, 0.29) is 0 Å². The fourth-order valence-corrected chi connectivity index (χ4v) is 9.24. The average Bonchev–Trinajstić information content (AvgIpc) is 3.20. The predicted octanol–water partition coefficient (Wildman–Crippen LogP) is 20.6. The Balaban J connectivity index is 3.14. The molecular formula is C55H113N.